The predicted molar refractivity (Wildman–Crippen MR) is 114 cm³/mol. The first-order valence-electron chi connectivity index (χ1n) is 9.29. The molecule has 27 heavy (non-hydrogen) atoms. The van der Waals surface area contributed by atoms with Crippen LogP contribution in [0.1, 0.15) is 16.8 Å². The van der Waals surface area contributed by atoms with Crippen LogP contribution in [-0.4, -0.2) is 9.97 Å². The van der Waals surface area contributed by atoms with E-state index in [1.165, 1.54) is 27.6 Å². The third kappa shape index (κ3) is 2.41. The molecule has 0 N–H and O–H groups in total. The average molecular weight is 348 g/mol. The van der Waals surface area contributed by atoms with Gasteiger partial charge in [0.1, 0.15) is 0 Å². The van der Waals surface area contributed by atoms with Crippen molar-refractivity contribution >= 4 is 32.7 Å². The van der Waals surface area contributed by atoms with Crippen LogP contribution in [0.25, 0.3) is 43.8 Å². The van der Waals surface area contributed by atoms with Gasteiger partial charge in [-0.15, -0.1) is 0 Å². The molecule has 0 unspecified atom stereocenters. The molecule has 0 aliphatic rings. The van der Waals surface area contributed by atoms with E-state index in [9.17, 15) is 0 Å². The Morgan fingerprint density at radius 2 is 1.48 bits per heavy atom. The normalized spacial score (nSPS) is 11.5. The lowest BCUT2D eigenvalue weighted by atomic mass is 9.93. The molecule has 0 saturated carbocycles. The Bertz CT molecular complexity index is 1340. The van der Waals surface area contributed by atoms with Crippen LogP contribution < -0.4 is 0 Å². The maximum absolute atomic E-state index is 5.10. The van der Waals surface area contributed by atoms with Crippen molar-refractivity contribution in [3.8, 4) is 11.1 Å². The number of hydrogen-bond donors (Lipinski definition) is 0. The zero-order valence-corrected chi connectivity index (χ0v) is 15.7. The second-order valence-corrected chi connectivity index (χ2v) is 7.27. The predicted octanol–water partition coefficient (Wildman–Crippen LogP) is 6.53. The first kappa shape index (κ1) is 16.0. The first-order valence-corrected chi connectivity index (χ1v) is 9.29. The number of hydrogen-bond acceptors (Lipinski definition) is 2. The van der Waals surface area contributed by atoms with Gasteiger partial charge in [0.05, 0.1) is 16.6 Å². The highest BCUT2D eigenvalue weighted by Crippen LogP contribution is 2.39. The van der Waals surface area contributed by atoms with Crippen molar-refractivity contribution in [1.29, 1.82) is 0 Å². The van der Waals surface area contributed by atoms with E-state index in [4.69, 9.17) is 9.97 Å². The van der Waals surface area contributed by atoms with Crippen LogP contribution in [0.3, 0.4) is 0 Å². The third-order valence-electron chi connectivity index (χ3n) is 5.34. The van der Waals surface area contributed by atoms with E-state index in [0.29, 0.717) is 0 Å². The molecule has 0 radical (unpaired) electrons. The molecular weight excluding hydrogens is 328 g/mol. The van der Waals surface area contributed by atoms with Gasteiger partial charge in [-0.05, 0) is 44.0 Å². The van der Waals surface area contributed by atoms with Gasteiger partial charge in [0.15, 0.2) is 0 Å². The van der Waals surface area contributed by atoms with E-state index in [2.05, 4.69) is 87.5 Å². The monoisotopic (exact) mass is 348 g/mol. The molecule has 0 bridgehead atoms. The van der Waals surface area contributed by atoms with Crippen LogP contribution >= 0.6 is 0 Å². The van der Waals surface area contributed by atoms with Gasteiger partial charge in [-0.2, -0.15) is 0 Å². The number of nitrogens with zero attached hydrogens (tertiary/aromatic N) is 2. The molecule has 0 amide bonds. The number of aromatic nitrogens is 2. The van der Waals surface area contributed by atoms with Crippen LogP contribution in [0.4, 0.5) is 0 Å². The average Bonchev–Trinajstić information content (AvgIpc) is 2.68. The molecule has 2 nitrogen and oxygen atoms in total. The molecule has 0 aliphatic carbocycles. The molecular formula is C25H20N2. The molecule has 3 aromatic carbocycles. The maximum atomic E-state index is 5.10. The first-order chi connectivity index (χ1) is 13.1. The summed E-state index contributed by atoms with van der Waals surface area (Å²) in [5.41, 5.74) is 9.00. The summed E-state index contributed by atoms with van der Waals surface area (Å²) >= 11 is 0. The summed E-state index contributed by atoms with van der Waals surface area (Å²) in [5.74, 6) is 0. The highest BCUT2D eigenvalue weighted by molar-refractivity contribution is 6.17. The fourth-order valence-electron chi connectivity index (χ4n) is 4.05. The van der Waals surface area contributed by atoms with E-state index >= 15 is 0 Å². The topological polar surface area (TPSA) is 25.8 Å². The summed E-state index contributed by atoms with van der Waals surface area (Å²) < 4.78 is 0. The van der Waals surface area contributed by atoms with E-state index in [1.54, 1.807) is 0 Å². The summed E-state index contributed by atoms with van der Waals surface area (Å²) in [6.45, 7) is 6.35. The summed E-state index contributed by atoms with van der Waals surface area (Å²) in [7, 11) is 0. The SMILES string of the molecule is Cc1ccc2nc3c(c(C)nc4c(C)cccc43)c(-c3ccccc3)c2c1. The molecule has 0 saturated heterocycles. The van der Waals surface area contributed by atoms with Gasteiger partial charge in [-0.3, -0.25) is 4.98 Å². The lowest BCUT2D eigenvalue weighted by molar-refractivity contribution is 1.26. The summed E-state index contributed by atoms with van der Waals surface area (Å²) in [6, 6.07) is 23.5. The zero-order chi connectivity index (χ0) is 18.5. The lowest BCUT2D eigenvalue weighted by Gasteiger charge is -2.16. The van der Waals surface area contributed by atoms with Crippen molar-refractivity contribution in [2.24, 2.45) is 0 Å². The second-order valence-electron chi connectivity index (χ2n) is 7.27. The van der Waals surface area contributed by atoms with Gasteiger partial charge in [-0.1, -0.05) is 60.2 Å². The Hall–Kier alpha value is -3.26. The number of fused-ring (bicyclic) bond motifs is 4. The summed E-state index contributed by atoms with van der Waals surface area (Å²) in [4.78, 5) is 10.1. The van der Waals surface area contributed by atoms with E-state index in [-0.39, 0.29) is 0 Å². The van der Waals surface area contributed by atoms with Crippen molar-refractivity contribution in [1.82, 2.24) is 9.97 Å². The van der Waals surface area contributed by atoms with Crippen molar-refractivity contribution in [2.75, 3.05) is 0 Å². The second kappa shape index (κ2) is 5.88. The standard InChI is InChI=1S/C25H20N2/c1-15-12-13-21-20(14-15)23(18-9-5-4-6-10-18)22-17(3)26-24-16(2)8-7-11-19(24)25(22)27-21/h4-14H,1-3H3. The van der Waals surface area contributed by atoms with Gasteiger partial charge >= 0.3 is 0 Å². The minimum Gasteiger partial charge on any atom is -0.252 e. The van der Waals surface area contributed by atoms with Gasteiger partial charge < -0.3 is 0 Å². The van der Waals surface area contributed by atoms with E-state index in [0.717, 1.165) is 33.0 Å². The molecule has 2 aromatic heterocycles. The van der Waals surface area contributed by atoms with Gasteiger partial charge in [0.2, 0.25) is 0 Å². The van der Waals surface area contributed by atoms with Crippen molar-refractivity contribution in [3.63, 3.8) is 0 Å². The molecule has 0 spiro atoms. The van der Waals surface area contributed by atoms with Crippen molar-refractivity contribution in [3.05, 3.63) is 83.6 Å². The van der Waals surface area contributed by atoms with E-state index < -0.39 is 0 Å². The number of benzene rings is 3. The minimum atomic E-state index is 1.03. The Morgan fingerprint density at radius 3 is 2.30 bits per heavy atom. The van der Waals surface area contributed by atoms with Crippen molar-refractivity contribution in [2.45, 2.75) is 20.8 Å². The molecule has 2 heteroatoms. The Labute approximate surface area is 158 Å². The fraction of sp³-hybridized carbons (Fsp3) is 0.120. The Balaban J connectivity index is 2.10. The van der Waals surface area contributed by atoms with Crippen LogP contribution in [0, 0.1) is 20.8 Å². The molecule has 5 aromatic rings. The number of para-hydroxylation sites is 1. The molecule has 0 fully saturated rings. The quantitative estimate of drug-likeness (QED) is 0.254. The number of pyridine rings is 2. The third-order valence-corrected chi connectivity index (χ3v) is 5.34. The summed E-state index contributed by atoms with van der Waals surface area (Å²) in [5, 5.41) is 3.46. The largest absolute Gasteiger partial charge is 0.252 e. The van der Waals surface area contributed by atoms with Gasteiger partial charge in [0, 0.05) is 27.4 Å². The van der Waals surface area contributed by atoms with Crippen LogP contribution in [0.5, 0.6) is 0 Å². The van der Waals surface area contributed by atoms with Crippen molar-refractivity contribution < 1.29 is 0 Å². The molecule has 2 heterocycles. The Kier molecular flexibility index (Phi) is 3.48. The number of aryl methyl sites for hydroxylation is 3. The number of rotatable bonds is 1. The molecule has 0 aliphatic heterocycles. The zero-order valence-electron chi connectivity index (χ0n) is 15.7. The highest BCUT2D eigenvalue weighted by Gasteiger charge is 2.17. The maximum Gasteiger partial charge on any atom is 0.0828 e. The van der Waals surface area contributed by atoms with Gasteiger partial charge in [0.25, 0.3) is 0 Å². The van der Waals surface area contributed by atoms with E-state index in [1.807, 2.05) is 0 Å². The Morgan fingerprint density at radius 1 is 0.667 bits per heavy atom. The van der Waals surface area contributed by atoms with Crippen LogP contribution in [0.15, 0.2) is 66.7 Å². The molecule has 0 atom stereocenters. The minimum absolute atomic E-state index is 1.03. The summed E-state index contributed by atoms with van der Waals surface area (Å²) in [6.07, 6.45) is 0. The molecule has 130 valence electrons. The molecule has 5 rings (SSSR count). The smallest absolute Gasteiger partial charge is 0.0828 e. The fourth-order valence-corrected chi connectivity index (χ4v) is 4.05. The van der Waals surface area contributed by atoms with Crippen LogP contribution in [0.2, 0.25) is 0 Å². The van der Waals surface area contributed by atoms with Gasteiger partial charge in [-0.25, -0.2) is 4.98 Å². The van der Waals surface area contributed by atoms with Crippen LogP contribution in [-0.2, 0) is 0 Å². The highest BCUT2D eigenvalue weighted by atomic mass is 14.8. The lowest BCUT2D eigenvalue weighted by Crippen LogP contribution is -1.97.